The van der Waals surface area contributed by atoms with Crippen molar-refractivity contribution in [3.8, 4) is 11.4 Å². The molecule has 0 aliphatic carbocycles. The smallest absolute Gasteiger partial charge is 0.336 e. The van der Waals surface area contributed by atoms with Crippen LogP contribution in [0.5, 0.6) is 0 Å². The van der Waals surface area contributed by atoms with Crippen molar-refractivity contribution in [2.45, 2.75) is 39.7 Å². The van der Waals surface area contributed by atoms with Crippen molar-refractivity contribution in [3.05, 3.63) is 34.6 Å². The fourth-order valence-corrected chi connectivity index (χ4v) is 2.87. The molecular formula is C15H17N3O2. The van der Waals surface area contributed by atoms with Crippen molar-refractivity contribution >= 4 is 5.97 Å². The lowest BCUT2D eigenvalue weighted by molar-refractivity contribution is 0.0697. The summed E-state index contributed by atoms with van der Waals surface area (Å²) in [4.78, 5) is 11.6. The van der Waals surface area contributed by atoms with Gasteiger partial charge in [-0.15, -0.1) is 10.2 Å². The molecule has 1 aromatic carbocycles. The number of benzene rings is 1. The zero-order chi connectivity index (χ0) is 14.3. The SMILES string of the molecule is Cc1ccc(C)c(-c2nnc3n2CCCC3)c1C(=O)O. The van der Waals surface area contributed by atoms with E-state index in [-0.39, 0.29) is 0 Å². The van der Waals surface area contributed by atoms with E-state index in [9.17, 15) is 9.90 Å². The lowest BCUT2D eigenvalue weighted by Crippen LogP contribution is -2.13. The molecule has 0 amide bonds. The highest BCUT2D eigenvalue weighted by Gasteiger charge is 2.24. The first-order valence-corrected chi connectivity index (χ1v) is 6.85. The monoisotopic (exact) mass is 271 g/mol. The Morgan fingerprint density at radius 1 is 1.20 bits per heavy atom. The van der Waals surface area contributed by atoms with Gasteiger partial charge in [0.2, 0.25) is 0 Å². The minimum Gasteiger partial charge on any atom is -0.478 e. The van der Waals surface area contributed by atoms with Crippen LogP contribution < -0.4 is 0 Å². The van der Waals surface area contributed by atoms with Gasteiger partial charge in [0.05, 0.1) is 5.56 Å². The second kappa shape index (κ2) is 4.74. The van der Waals surface area contributed by atoms with Crippen LogP contribution >= 0.6 is 0 Å². The Kier molecular flexibility index (Phi) is 3.04. The van der Waals surface area contributed by atoms with Crippen LogP contribution in [-0.4, -0.2) is 25.8 Å². The molecule has 1 aliphatic heterocycles. The summed E-state index contributed by atoms with van der Waals surface area (Å²) in [7, 11) is 0. The molecule has 0 bridgehead atoms. The second-order valence-electron chi connectivity index (χ2n) is 5.30. The van der Waals surface area contributed by atoms with Crippen molar-refractivity contribution in [3.63, 3.8) is 0 Å². The molecule has 0 spiro atoms. The summed E-state index contributed by atoms with van der Waals surface area (Å²) < 4.78 is 2.07. The molecule has 5 heteroatoms. The average molecular weight is 271 g/mol. The first-order chi connectivity index (χ1) is 9.59. The van der Waals surface area contributed by atoms with E-state index in [2.05, 4.69) is 14.8 Å². The van der Waals surface area contributed by atoms with E-state index in [4.69, 9.17) is 0 Å². The molecule has 1 aromatic heterocycles. The number of carboxylic acids is 1. The number of carboxylic acid groups (broad SMARTS) is 1. The first kappa shape index (κ1) is 12.8. The third kappa shape index (κ3) is 1.90. The zero-order valence-corrected chi connectivity index (χ0v) is 11.7. The van der Waals surface area contributed by atoms with Gasteiger partial charge in [-0.2, -0.15) is 0 Å². The minimum atomic E-state index is -0.908. The van der Waals surface area contributed by atoms with Gasteiger partial charge in [-0.05, 0) is 37.8 Å². The molecule has 0 atom stereocenters. The maximum atomic E-state index is 11.6. The normalized spacial score (nSPS) is 14.1. The molecule has 0 saturated carbocycles. The molecule has 1 N–H and O–H groups in total. The summed E-state index contributed by atoms with van der Waals surface area (Å²) >= 11 is 0. The van der Waals surface area contributed by atoms with Crippen LogP contribution in [0.25, 0.3) is 11.4 Å². The number of aromatic nitrogens is 3. The molecule has 0 unspecified atom stereocenters. The maximum absolute atomic E-state index is 11.6. The third-order valence-electron chi connectivity index (χ3n) is 3.92. The van der Waals surface area contributed by atoms with Crippen molar-refractivity contribution in [1.82, 2.24) is 14.8 Å². The highest BCUT2D eigenvalue weighted by molar-refractivity contribution is 5.97. The van der Waals surface area contributed by atoms with Crippen LogP contribution in [0.1, 0.15) is 40.2 Å². The van der Waals surface area contributed by atoms with E-state index in [1.165, 1.54) is 0 Å². The second-order valence-corrected chi connectivity index (χ2v) is 5.30. The number of nitrogens with zero attached hydrogens (tertiary/aromatic N) is 3. The third-order valence-corrected chi connectivity index (χ3v) is 3.92. The quantitative estimate of drug-likeness (QED) is 0.911. The Labute approximate surface area is 117 Å². The standard InChI is InChI=1S/C15H17N3O2/c1-9-6-7-10(2)13(15(19)20)12(9)14-17-16-11-5-3-4-8-18(11)14/h6-7H,3-5,8H2,1-2H3,(H,19,20). The first-order valence-electron chi connectivity index (χ1n) is 6.85. The van der Waals surface area contributed by atoms with Crippen LogP contribution in [0.4, 0.5) is 0 Å². The van der Waals surface area contributed by atoms with Crippen LogP contribution in [-0.2, 0) is 13.0 Å². The predicted octanol–water partition coefficient (Wildman–Crippen LogP) is 2.60. The summed E-state index contributed by atoms with van der Waals surface area (Å²) in [5, 5.41) is 18.0. The summed E-state index contributed by atoms with van der Waals surface area (Å²) in [6, 6.07) is 3.79. The molecular weight excluding hydrogens is 254 g/mol. The van der Waals surface area contributed by atoms with Gasteiger partial charge in [-0.3, -0.25) is 0 Å². The number of hydrogen-bond acceptors (Lipinski definition) is 3. The Morgan fingerprint density at radius 3 is 2.70 bits per heavy atom. The topological polar surface area (TPSA) is 68.0 Å². The molecule has 2 heterocycles. The fourth-order valence-electron chi connectivity index (χ4n) is 2.87. The fraction of sp³-hybridized carbons (Fsp3) is 0.400. The van der Waals surface area contributed by atoms with Gasteiger partial charge in [0, 0.05) is 18.5 Å². The van der Waals surface area contributed by atoms with E-state index >= 15 is 0 Å². The average Bonchev–Trinajstić information content (AvgIpc) is 2.84. The lowest BCUT2D eigenvalue weighted by atomic mass is 9.96. The molecule has 0 fully saturated rings. The molecule has 104 valence electrons. The van der Waals surface area contributed by atoms with E-state index in [1.807, 2.05) is 26.0 Å². The summed E-state index contributed by atoms with van der Waals surface area (Å²) in [5.41, 5.74) is 2.73. The lowest BCUT2D eigenvalue weighted by Gasteiger charge is -2.17. The minimum absolute atomic E-state index is 0.339. The maximum Gasteiger partial charge on any atom is 0.336 e. The summed E-state index contributed by atoms with van der Waals surface area (Å²) in [6.07, 6.45) is 3.13. The Morgan fingerprint density at radius 2 is 1.95 bits per heavy atom. The zero-order valence-electron chi connectivity index (χ0n) is 11.7. The van der Waals surface area contributed by atoms with E-state index in [0.29, 0.717) is 17.0 Å². The van der Waals surface area contributed by atoms with Crippen molar-refractivity contribution < 1.29 is 9.90 Å². The number of carbonyl (C=O) groups is 1. The van der Waals surface area contributed by atoms with Gasteiger partial charge in [0.15, 0.2) is 5.82 Å². The molecule has 0 saturated heterocycles. The summed E-state index contributed by atoms with van der Waals surface area (Å²) in [6.45, 7) is 4.61. The summed E-state index contributed by atoms with van der Waals surface area (Å²) in [5.74, 6) is 0.746. The number of hydrogen-bond donors (Lipinski definition) is 1. The molecule has 3 rings (SSSR count). The van der Waals surface area contributed by atoms with Gasteiger partial charge >= 0.3 is 5.97 Å². The Hall–Kier alpha value is -2.17. The number of aromatic carboxylic acids is 1. The van der Waals surface area contributed by atoms with Crippen molar-refractivity contribution in [2.24, 2.45) is 0 Å². The molecule has 5 nitrogen and oxygen atoms in total. The van der Waals surface area contributed by atoms with Crippen molar-refractivity contribution in [2.75, 3.05) is 0 Å². The predicted molar refractivity (Wildman–Crippen MR) is 74.8 cm³/mol. The number of fused-ring (bicyclic) bond motifs is 1. The van der Waals surface area contributed by atoms with Gasteiger partial charge in [-0.25, -0.2) is 4.79 Å². The van der Waals surface area contributed by atoms with E-state index < -0.39 is 5.97 Å². The highest BCUT2D eigenvalue weighted by atomic mass is 16.4. The van der Waals surface area contributed by atoms with Crippen LogP contribution in [0, 0.1) is 13.8 Å². The van der Waals surface area contributed by atoms with Crippen LogP contribution in [0.2, 0.25) is 0 Å². The van der Waals surface area contributed by atoms with Crippen molar-refractivity contribution in [1.29, 1.82) is 0 Å². The molecule has 20 heavy (non-hydrogen) atoms. The Balaban J connectivity index is 2.27. The highest BCUT2D eigenvalue weighted by Crippen LogP contribution is 2.30. The van der Waals surface area contributed by atoms with E-state index in [1.54, 1.807) is 0 Å². The van der Waals surface area contributed by atoms with Gasteiger partial charge in [0.25, 0.3) is 0 Å². The largest absolute Gasteiger partial charge is 0.478 e. The van der Waals surface area contributed by atoms with Crippen LogP contribution in [0.15, 0.2) is 12.1 Å². The van der Waals surface area contributed by atoms with E-state index in [0.717, 1.165) is 42.8 Å². The molecule has 1 aliphatic rings. The molecule has 0 radical (unpaired) electrons. The van der Waals surface area contributed by atoms with Gasteiger partial charge in [0.1, 0.15) is 5.82 Å². The molecule has 2 aromatic rings. The van der Waals surface area contributed by atoms with Crippen LogP contribution in [0.3, 0.4) is 0 Å². The Bertz CT molecular complexity index is 689. The number of aryl methyl sites for hydroxylation is 3. The van der Waals surface area contributed by atoms with Gasteiger partial charge in [-0.1, -0.05) is 12.1 Å². The number of rotatable bonds is 2. The van der Waals surface area contributed by atoms with Gasteiger partial charge < -0.3 is 9.67 Å².